The fourth-order valence-corrected chi connectivity index (χ4v) is 3.94. The van der Waals surface area contributed by atoms with Gasteiger partial charge in [-0.25, -0.2) is 12.8 Å². The van der Waals surface area contributed by atoms with Crippen molar-refractivity contribution < 1.29 is 17.6 Å². The summed E-state index contributed by atoms with van der Waals surface area (Å²) in [5, 5.41) is 0.120. The van der Waals surface area contributed by atoms with Crippen molar-refractivity contribution in [3.8, 4) is 0 Å². The van der Waals surface area contributed by atoms with Crippen LogP contribution in [0.2, 0.25) is 5.02 Å². The lowest BCUT2D eigenvalue weighted by Gasteiger charge is -2.30. The van der Waals surface area contributed by atoms with Gasteiger partial charge in [-0.05, 0) is 31.0 Å². The number of amides is 1. The first-order chi connectivity index (χ1) is 9.32. The number of nitrogens with zero attached hydrogens (tertiary/aromatic N) is 1. The molecule has 1 atom stereocenters. The molecule has 1 unspecified atom stereocenters. The zero-order valence-electron chi connectivity index (χ0n) is 10.6. The molecule has 1 amide bonds. The molecule has 0 aliphatic carbocycles. The van der Waals surface area contributed by atoms with Gasteiger partial charge in [0.1, 0.15) is 10.7 Å². The maximum absolute atomic E-state index is 13.8. The van der Waals surface area contributed by atoms with Crippen molar-refractivity contribution in [1.29, 1.82) is 0 Å². The maximum Gasteiger partial charge on any atom is 0.246 e. The summed E-state index contributed by atoms with van der Waals surface area (Å²) in [5.41, 5.74) is 5.21. The molecule has 8 heteroatoms. The van der Waals surface area contributed by atoms with Crippen molar-refractivity contribution >= 4 is 27.5 Å². The number of carbonyl (C=O) groups excluding carboxylic acids is 1. The second kappa shape index (κ2) is 5.67. The lowest BCUT2D eigenvalue weighted by molar-refractivity contribution is -0.122. The van der Waals surface area contributed by atoms with E-state index in [1.807, 2.05) is 0 Å². The van der Waals surface area contributed by atoms with E-state index in [4.69, 9.17) is 17.3 Å². The fourth-order valence-electron chi connectivity index (χ4n) is 2.22. The molecule has 1 aliphatic rings. The topological polar surface area (TPSA) is 80.5 Å². The van der Waals surface area contributed by atoms with Crippen LogP contribution >= 0.6 is 11.6 Å². The molecule has 2 rings (SSSR count). The van der Waals surface area contributed by atoms with Crippen LogP contribution < -0.4 is 5.73 Å². The van der Waals surface area contributed by atoms with Crippen LogP contribution in [0.3, 0.4) is 0 Å². The first-order valence-electron chi connectivity index (χ1n) is 6.07. The van der Waals surface area contributed by atoms with Crippen molar-refractivity contribution in [2.24, 2.45) is 11.7 Å². The average molecular weight is 321 g/mol. The highest BCUT2D eigenvalue weighted by atomic mass is 35.5. The van der Waals surface area contributed by atoms with Gasteiger partial charge in [0.05, 0.1) is 5.92 Å². The number of benzene rings is 1. The van der Waals surface area contributed by atoms with E-state index in [1.54, 1.807) is 0 Å². The Labute approximate surface area is 121 Å². The third-order valence-corrected chi connectivity index (χ3v) is 5.43. The number of piperidine rings is 1. The molecule has 1 aromatic rings. The van der Waals surface area contributed by atoms with Crippen LogP contribution in [0.1, 0.15) is 12.8 Å². The fraction of sp³-hybridized carbons (Fsp3) is 0.417. The van der Waals surface area contributed by atoms with E-state index in [0.29, 0.717) is 12.8 Å². The van der Waals surface area contributed by atoms with Crippen LogP contribution in [0.5, 0.6) is 0 Å². The van der Waals surface area contributed by atoms with Gasteiger partial charge in [0.2, 0.25) is 15.9 Å². The van der Waals surface area contributed by atoms with E-state index >= 15 is 0 Å². The highest BCUT2D eigenvalue weighted by Gasteiger charge is 2.33. The number of primary amides is 1. The smallest absolute Gasteiger partial charge is 0.246 e. The Kier molecular flexibility index (Phi) is 4.31. The molecule has 1 aromatic carbocycles. The third kappa shape index (κ3) is 2.94. The molecule has 0 aromatic heterocycles. The van der Waals surface area contributed by atoms with Gasteiger partial charge in [-0.15, -0.1) is 0 Å². The monoisotopic (exact) mass is 320 g/mol. The Hall–Kier alpha value is -1.18. The lowest BCUT2D eigenvalue weighted by Crippen LogP contribution is -2.44. The van der Waals surface area contributed by atoms with Crippen LogP contribution in [0.25, 0.3) is 0 Å². The molecule has 1 fully saturated rings. The summed E-state index contributed by atoms with van der Waals surface area (Å²) in [6.07, 6.45) is 1.06. The SMILES string of the molecule is NC(=O)C1CCCN(S(=O)(=O)c2ccc(Cl)cc2F)C1. The Bertz CT molecular complexity index is 636. The van der Waals surface area contributed by atoms with Crippen LogP contribution in [0.4, 0.5) is 4.39 Å². The Morgan fingerprint density at radius 2 is 2.15 bits per heavy atom. The van der Waals surface area contributed by atoms with Crippen LogP contribution in [0.15, 0.2) is 23.1 Å². The van der Waals surface area contributed by atoms with Crippen molar-refractivity contribution in [1.82, 2.24) is 4.31 Å². The minimum atomic E-state index is -3.98. The number of sulfonamides is 1. The molecule has 20 heavy (non-hydrogen) atoms. The first-order valence-corrected chi connectivity index (χ1v) is 7.88. The molecular weight excluding hydrogens is 307 g/mol. The second-order valence-electron chi connectivity index (χ2n) is 4.68. The Morgan fingerprint density at radius 3 is 2.75 bits per heavy atom. The molecule has 2 N–H and O–H groups in total. The van der Waals surface area contributed by atoms with Crippen LogP contribution in [-0.4, -0.2) is 31.7 Å². The van der Waals surface area contributed by atoms with Gasteiger partial charge >= 0.3 is 0 Å². The van der Waals surface area contributed by atoms with Gasteiger partial charge in [0.25, 0.3) is 0 Å². The minimum Gasteiger partial charge on any atom is -0.369 e. The van der Waals surface area contributed by atoms with Gasteiger partial charge in [-0.3, -0.25) is 4.79 Å². The number of hydrogen-bond donors (Lipinski definition) is 1. The largest absolute Gasteiger partial charge is 0.369 e. The van der Waals surface area contributed by atoms with Gasteiger partial charge in [-0.2, -0.15) is 4.31 Å². The Balaban J connectivity index is 2.32. The van der Waals surface area contributed by atoms with E-state index in [-0.39, 0.29) is 18.1 Å². The normalized spacial score (nSPS) is 20.8. The molecule has 5 nitrogen and oxygen atoms in total. The molecular formula is C12H14ClFN2O3S. The van der Waals surface area contributed by atoms with Crippen molar-refractivity contribution in [2.45, 2.75) is 17.7 Å². The minimum absolute atomic E-state index is 0.0142. The Morgan fingerprint density at radius 1 is 1.45 bits per heavy atom. The van der Waals surface area contributed by atoms with Crippen LogP contribution in [0, 0.1) is 11.7 Å². The summed E-state index contributed by atoms with van der Waals surface area (Å²) in [6.45, 7) is 0.230. The first kappa shape index (κ1) is 15.2. The van der Waals surface area contributed by atoms with Gasteiger partial charge in [0, 0.05) is 18.1 Å². The summed E-state index contributed by atoms with van der Waals surface area (Å²) >= 11 is 5.61. The molecule has 0 saturated carbocycles. The predicted octanol–water partition coefficient (Wildman–Crippen LogP) is 1.37. The van der Waals surface area contributed by atoms with Crippen molar-refractivity contribution in [3.05, 3.63) is 29.0 Å². The molecule has 0 radical (unpaired) electrons. The predicted molar refractivity (Wildman–Crippen MR) is 72.1 cm³/mol. The summed E-state index contributed by atoms with van der Waals surface area (Å²) in [6, 6.07) is 3.39. The standard InChI is InChI=1S/C12H14ClFN2O3S/c13-9-3-4-11(10(14)6-9)20(18,19)16-5-1-2-8(7-16)12(15)17/h3-4,6,8H,1-2,5,7H2,(H2,15,17). The quantitative estimate of drug-likeness (QED) is 0.913. The molecule has 0 bridgehead atoms. The molecule has 1 heterocycles. The highest BCUT2D eigenvalue weighted by molar-refractivity contribution is 7.89. The summed E-state index contributed by atoms with van der Waals surface area (Å²) < 4.78 is 39.6. The maximum atomic E-state index is 13.8. The van der Waals surface area contributed by atoms with E-state index in [0.717, 1.165) is 16.4 Å². The number of halogens is 2. The zero-order valence-corrected chi connectivity index (χ0v) is 12.1. The van der Waals surface area contributed by atoms with E-state index in [2.05, 4.69) is 0 Å². The number of nitrogens with two attached hydrogens (primary N) is 1. The van der Waals surface area contributed by atoms with Crippen LogP contribution in [-0.2, 0) is 14.8 Å². The molecule has 1 saturated heterocycles. The van der Waals surface area contributed by atoms with E-state index in [9.17, 15) is 17.6 Å². The summed E-state index contributed by atoms with van der Waals surface area (Å²) in [7, 11) is -3.98. The lowest BCUT2D eigenvalue weighted by atomic mass is 9.99. The zero-order chi connectivity index (χ0) is 14.9. The summed E-state index contributed by atoms with van der Waals surface area (Å²) in [4.78, 5) is 10.7. The van der Waals surface area contributed by atoms with Crippen molar-refractivity contribution in [3.63, 3.8) is 0 Å². The van der Waals surface area contributed by atoms with Gasteiger partial charge < -0.3 is 5.73 Å². The van der Waals surface area contributed by atoms with Gasteiger partial charge in [0.15, 0.2) is 0 Å². The van der Waals surface area contributed by atoms with E-state index in [1.165, 1.54) is 6.07 Å². The molecule has 1 aliphatic heterocycles. The average Bonchev–Trinajstić information content (AvgIpc) is 2.38. The molecule has 0 spiro atoms. The number of hydrogen-bond acceptors (Lipinski definition) is 3. The van der Waals surface area contributed by atoms with E-state index < -0.39 is 32.6 Å². The highest BCUT2D eigenvalue weighted by Crippen LogP contribution is 2.26. The van der Waals surface area contributed by atoms with Gasteiger partial charge in [-0.1, -0.05) is 11.6 Å². The third-order valence-electron chi connectivity index (χ3n) is 3.30. The van der Waals surface area contributed by atoms with Crippen molar-refractivity contribution in [2.75, 3.05) is 13.1 Å². The molecule has 110 valence electrons. The number of carbonyl (C=O) groups is 1. The summed E-state index contributed by atoms with van der Waals surface area (Å²) in [5.74, 6) is -1.98. The second-order valence-corrected chi connectivity index (χ2v) is 7.02. The number of rotatable bonds is 3.